The van der Waals surface area contributed by atoms with Gasteiger partial charge >= 0.3 is 0 Å². The van der Waals surface area contributed by atoms with Gasteiger partial charge in [-0.2, -0.15) is 0 Å². The van der Waals surface area contributed by atoms with Crippen LogP contribution in [0, 0.1) is 5.82 Å². The second-order valence-corrected chi connectivity index (χ2v) is 7.11. The van der Waals surface area contributed by atoms with Crippen LogP contribution in [-0.2, 0) is 11.3 Å². The fourth-order valence-corrected chi connectivity index (χ4v) is 3.85. The maximum Gasteiger partial charge on any atom is 0.240 e. The van der Waals surface area contributed by atoms with E-state index in [1.807, 2.05) is 11.4 Å². The van der Waals surface area contributed by atoms with E-state index in [1.54, 1.807) is 22.9 Å². The van der Waals surface area contributed by atoms with Crippen molar-refractivity contribution in [2.75, 3.05) is 13.2 Å². The number of fused-ring (bicyclic) bond motifs is 2. The number of carbonyl (C=O) groups excluding carboxylic acids is 1. The third-order valence-corrected chi connectivity index (χ3v) is 5.26. The average Bonchev–Trinajstić information content (AvgIpc) is 3.24. The molecule has 0 fully saturated rings. The molecule has 0 atom stereocenters. The highest BCUT2D eigenvalue weighted by Gasteiger charge is 2.15. The number of thiazole rings is 1. The highest BCUT2D eigenvalue weighted by molar-refractivity contribution is 7.13. The van der Waals surface area contributed by atoms with Crippen LogP contribution in [0.25, 0.3) is 32.4 Å². The van der Waals surface area contributed by atoms with Gasteiger partial charge in [0.1, 0.15) is 17.4 Å². The maximum absolute atomic E-state index is 13.8. The van der Waals surface area contributed by atoms with E-state index in [2.05, 4.69) is 10.3 Å². The van der Waals surface area contributed by atoms with E-state index in [4.69, 9.17) is 5.11 Å². The zero-order chi connectivity index (χ0) is 19.7. The second-order valence-electron chi connectivity index (χ2n) is 6.22. The lowest BCUT2D eigenvalue weighted by Gasteiger charge is -2.16. The van der Waals surface area contributed by atoms with E-state index >= 15 is 0 Å². The Labute approximate surface area is 162 Å². The lowest BCUT2D eigenvalue weighted by atomic mass is 10.1. The molecule has 0 spiro atoms. The van der Waals surface area contributed by atoms with E-state index in [1.165, 1.54) is 29.5 Å². The van der Waals surface area contributed by atoms with Gasteiger partial charge in [0.15, 0.2) is 5.43 Å². The summed E-state index contributed by atoms with van der Waals surface area (Å²) in [7, 11) is 0. The van der Waals surface area contributed by atoms with Crippen LogP contribution in [-0.4, -0.2) is 33.7 Å². The Morgan fingerprint density at radius 2 is 2.04 bits per heavy atom. The highest BCUT2D eigenvalue weighted by atomic mass is 32.1. The zero-order valence-corrected chi connectivity index (χ0v) is 15.5. The number of nitrogens with one attached hydrogen (secondary N) is 1. The summed E-state index contributed by atoms with van der Waals surface area (Å²) < 4.78 is 15.5. The molecule has 2 N–H and O–H groups in total. The minimum absolute atomic E-state index is 0.0692. The number of amides is 1. The molecule has 0 radical (unpaired) electrons. The van der Waals surface area contributed by atoms with Gasteiger partial charge in [0.2, 0.25) is 5.91 Å². The number of halogens is 1. The van der Waals surface area contributed by atoms with Gasteiger partial charge in [-0.3, -0.25) is 9.59 Å². The van der Waals surface area contributed by atoms with E-state index in [0.29, 0.717) is 16.4 Å². The van der Waals surface area contributed by atoms with E-state index < -0.39 is 5.82 Å². The Morgan fingerprint density at radius 3 is 2.79 bits per heavy atom. The summed E-state index contributed by atoms with van der Waals surface area (Å²) in [6, 6.07) is 9.25. The lowest BCUT2D eigenvalue weighted by Crippen LogP contribution is -2.30. The first-order chi connectivity index (χ1) is 13.6. The quantitative estimate of drug-likeness (QED) is 0.507. The van der Waals surface area contributed by atoms with Crippen molar-refractivity contribution in [1.82, 2.24) is 14.9 Å². The van der Waals surface area contributed by atoms with Gasteiger partial charge in [-0.1, -0.05) is 6.07 Å². The predicted octanol–water partition coefficient (Wildman–Crippen LogP) is 2.53. The summed E-state index contributed by atoms with van der Waals surface area (Å²) in [5.74, 6) is -0.830. The number of carbonyl (C=O) groups is 1. The summed E-state index contributed by atoms with van der Waals surface area (Å²) >= 11 is 1.47. The molecule has 4 aromatic rings. The second kappa shape index (κ2) is 7.49. The van der Waals surface area contributed by atoms with Crippen molar-refractivity contribution >= 4 is 39.0 Å². The van der Waals surface area contributed by atoms with Crippen molar-refractivity contribution in [3.8, 4) is 10.6 Å². The molecular formula is C20H16FN3O3S. The predicted molar refractivity (Wildman–Crippen MR) is 107 cm³/mol. The molecule has 0 saturated heterocycles. The number of hydrogen-bond donors (Lipinski definition) is 2. The Hall–Kier alpha value is -3.10. The molecule has 2 aromatic carbocycles. The molecule has 0 aliphatic carbocycles. The summed E-state index contributed by atoms with van der Waals surface area (Å²) in [5, 5.41) is 14.8. The lowest BCUT2D eigenvalue weighted by molar-refractivity contribution is -0.121. The van der Waals surface area contributed by atoms with Crippen LogP contribution < -0.4 is 10.7 Å². The molecule has 6 nitrogen and oxygen atoms in total. The van der Waals surface area contributed by atoms with Crippen molar-refractivity contribution in [3.63, 3.8) is 0 Å². The molecule has 2 aromatic heterocycles. The molecule has 0 unspecified atom stereocenters. The summed E-state index contributed by atoms with van der Waals surface area (Å²) in [5.41, 5.74) is 1.57. The number of rotatable bonds is 5. The van der Waals surface area contributed by atoms with Gasteiger partial charge < -0.3 is 15.0 Å². The minimum Gasteiger partial charge on any atom is -0.395 e. The molecule has 0 saturated carbocycles. The number of aromatic nitrogens is 2. The topological polar surface area (TPSA) is 84.2 Å². The smallest absolute Gasteiger partial charge is 0.240 e. The fraction of sp³-hybridized carbons (Fsp3) is 0.150. The standard InChI is InChI=1S/C20H16FN3O3S/c21-13-2-4-16-15(10-13)19(27)14-3-1-12(20-23-6-8-28-20)9-17(14)24(16)11-18(26)22-5-7-25/h1-4,6,8-10,25H,5,7,11H2,(H,22,26). The average molecular weight is 397 g/mol. The van der Waals surface area contributed by atoms with Crippen LogP contribution in [0.3, 0.4) is 0 Å². The molecule has 142 valence electrons. The molecule has 1 amide bonds. The van der Waals surface area contributed by atoms with E-state index in [0.717, 1.165) is 10.6 Å². The molecular weight excluding hydrogens is 381 g/mol. The van der Waals surface area contributed by atoms with Gasteiger partial charge in [0.05, 0.1) is 17.6 Å². The number of benzene rings is 2. The van der Waals surface area contributed by atoms with Crippen LogP contribution in [0.5, 0.6) is 0 Å². The third kappa shape index (κ3) is 3.28. The number of aliphatic hydroxyl groups excluding tert-OH is 1. The normalized spacial score (nSPS) is 11.2. The SMILES string of the molecule is O=C(Cn1c2ccc(F)cc2c(=O)c2ccc(-c3nccs3)cc21)NCCO. The van der Waals surface area contributed by atoms with Crippen LogP contribution in [0.4, 0.5) is 4.39 Å². The van der Waals surface area contributed by atoms with Gasteiger partial charge in [-0.25, -0.2) is 9.37 Å². The maximum atomic E-state index is 13.8. The molecule has 0 bridgehead atoms. The monoisotopic (exact) mass is 397 g/mol. The van der Waals surface area contributed by atoms with E-state index in [9.17, 15) is 14.0 Å². The van der Waals surface area contributed by atoms with Gasteiger partial charge in [0, 0.05) is 34.5 Å². The Bertz CT molecular complexity index is 1240. The van der Waals surface area contributed by atoms with Crippen LogP contribution >= 0.6 is 11.3 Å². The number of pyridine rings is 1. The first kappa shape index (κ1) is 18.3. The van der Waals surface area contributed by atoms with Crippen LogP contribution in [0.15, 0.2) is 52.8 Å². The van der Waals surface area contributed by atoms with E-state index in [-0.39, 0.29) is 36.4 Å². The highest BCUT2D eigenvalue weighted by Crippen LogP contribution is 2.27. The molecule has 0 aliphatic heterocycles. The summed E-state index contributed by atoms with van der Waals surface area (Å²) in [6.45, 7) is -0.106. The van der Waals surface area contributed by atoms with Gasteiger partial charge in [0.25, 0.3) is 0 Å². The Balaban J connectivity index is 1.99. The Kier molecular flexibility index (Phi) is 4.89. The van der Waals surface area contributed by atoms with Crippen molar-refractivity contribution < 1.29 is 14.3 Å². The number of hydrogen-bond acceptors (Lipinski definition) is 5. The van der Waals surface area contributed by atoms with Crippen molar-refractivity contribution in [1.29, 1.82) is 0 Å². The molecule has 28 heavy (non-hydrogen) atoms. The minimum atomic E-state index is -0.514. The van der Waals surface area contributed by atoms with Crippen molar-refractivity contribution in [2.24, 2.45) is 0 Å². The number of nitrogens with zero attached hydrogens (tertiary/aromatic N) is 2. The van der Waals surface area contributed by atoms with Crippen LogP contribution in [0.1, 0.15) is 0 Å². The molecule has 8 heteroatoms. The molecule has 2 heterocycles. The van der Waals surface area contributed by atoms with Gasteiger partial charge in [-0.15, -0.1) is 11.3 Å². The Morgan fingerprint density at radius 1 is 1.18 bits per heavy atom. The van der Waals surface area contributed by atoms with Crippen LogP contribution in [0.2, 0.25) is 0 Å². The first-order valence-corrected chi connectivity index (χ1v) is 9.49. The number of aliphatic hydroxyl groups is 1. The first-order valence-electron chi connectivity index (χ1n) is 8.62. The summed E-state index contributed by atoms with van der Waals surface area (Å²) in [4.78, 5) is 29.5. The summed E-state index contributed by atoms with van der Waals surface area (Å²) in [6.07, 6.45) is 1.70. The molecule has 0 aliphatic rings. The zero-order valence-electron chi connectivity index (χ0n) is 14.7. The van der Waals surface area contributed by atoms with Crippen molar-refractivity contribution in [3.05, 3.63) is 64.0 Å². The van der Waals surface area contributed by atoms with Gasteiger partial charge in [-0.05, 0) is 30.3 Å². The molecule has 4 rings (SSSR count). The van der Waals surface area contributed by atoms with Crippen molar-refractivity contribution in [2.45, 2.75) is 6.54 Å². The third-order valence-electron chi connectivity index (χ3n) is 4.44. The largest absolute Gasteiger partial charge is 0.395 e. The fourth-order valence-electron chi connectivity index (χ4n) is 3.21.